The molecule has 174 valence electrons. The molecule has 5 aromatic rings. The van der Waals surface area contributed by atoms with Crippen LogP contribution >= 0.6 is 11.3 Å². The molecule has 0 N–H and O–H groups in total. The van der Waals surface area contributed by atoms with Crippen LogP contribution in [-0.2, 0) is 6.37 Å². The molecule has 0 atom stereocenters. The molecular weight excluding hydrogens is 432 g/mol. The van der Waals surface area contributed by atoms with E-state index in [1.54, 1.807) is 11.3 Å². The molecule has 0 saturated heterocycles. The Morgan fingerprint density at radius 3 is 2.26 bits per heavy atom. The van der Waals surface area contributed by atoms with Crippen LogP contribution in [0.5, 0.6) is 0 Å². The molecule has 0 aliphatic rings. The standard InChI is InChI=1S/C31H34N2S/c1-19(2)16-22-14-15-29-25(17-22)26(18-34-29)31-32-27-12-7-8-13-28(27)33(31)30-23(20(3)4)10-9-11-24(30)21(5)6/h7-15,17-21H,16H2,1-6H3/i16D2. The first-order valence-electron chi connectivity index (χ1n) is 13.2. The largest absolute Gasteiger partial charge is 0.292 e. The highest BCUT2D eigenvalue weighted by molar-refractivity contribution is 7.17. The first-order valence-corrected chi connectivity index (χ1v) is 13.1. The fourth-order valence-electron chi connectivity index (χ4n) is 4.83. The van der Waals surface area contributed by atoms with Gasteiger partial charge < -0.3 is 0 Å². The molecule has 0 amide bonds. The zero-order valence-corrected chi connectivity index (χ0v) is 21.7. The lowest BCUT2D eigenvalue weighted by Crippen LogP contribution is -2.08. The second-order valence-corrected chi connectivity index (χ2v) is 10.9. The highest BCUT2D eigenvalue weighted by Gasteiger charge is 2.23. The van der Waals surface area contributed by atoms with E-state index in [0.717, 1.165) is 38.1 Å². The van der Waals surface area contributed by atoms with Gasteiger partial charge in [-0.3, -0.25) is 4.57 Å². The summed E-state index contributed by atoms with van der Waals surface area (Å²) in [7, 11) is 0. The summed E-state index contributed by atoms with van der Waals surface area (Å²) < 4.78 is 20.9. The summed E-state index contributed by atoms with van der Waals surface area (Å²) in [5.41, 5.74) is 7.67. The predicted molar refractivity (Wildman–Crippen MR) is 149 cm³/mol. The summed E-state index contributed by atoms with van der Waals surface area (Å²) in [6.07, 6.45) is -1.40. The normalized spacial score (nSPS) is 13.4. The van der Waals surface area contributed by atoms with Crippen LogP contribution in [0.4, 0.5) is 0 Å². The lowest BCUT2D eigenvalue weighted by Gasteiger charge is -2.22. The minimum atomic E-state index is -1.40. The maximum atomic E-state index is 8.69. The molecule has 0 spiro atoms. The van der Waals surface area contributed by atoms with E-state index in [1.165, 1.54) is 16.8 Å². The van der Waals surface area contributed by atoms with Gasteiger partial charge in [-0.1, -0.05) is 77.9 Å². The topological polar surface area (TPSA) is 17.8 Å². The number of para-hydroxylation sites is 3. The van der Waals surface area contributed by atoms with Crippen molar-refractivity contribution in [1.29, 1.82) is 0 Å². The van der Waals surface area contributed by atoms with E-state index in [-0.39, 0.29) is 5.92 Å². The Labute approximate surface area is 210 Å². The Hall–Kier alpha value is -2.91. The van der Waals surface area contributed by atoms with E-state index in [2.05, 4.69) is 80.1 Å². The number of imidazole rings is 1. The zero-order valence-electron chi connectivity index (χ0n) is 22.9. The van der Waals surface area contributed by atoms with Gasteiger partial charge in [0.2, 0.25) is 0 Å². The fourth-order valence-corrected chi connectivity index (χ4v) is 5.75. The number of benzene rings is 3. The van der Waals surface area contributed by atoms with E-state index >= 15 is 0 Å². The molecule has 2 aromatic heterocycles. The number of rotatable bonds is 6. The molecule has 2 nitrogen and oxygen atoms in total. The van der Waals surface area contributed by atoms with Gasteiger partial charge in [-0.2, -0.15) is 0 Å². The highest BCUT2D eigenvalue weighted by Crippen LogP contribution is 2.40. The maximum absolute atomic E-state index is 8.69. The number of nitrogens with zero attached hydrogens (tertiary/aromatic N) is 2. The molecule has 0 aliphatic heterocycles. The van der Waals surface area contributed by atoms with Crippen LogP contribution in [0, 0.1) is 5.92 Å². The first-order chi connectivity index (χ1) is 17.1. The molecule has 0 radical (unpaired) electrons. The third-order valence-corrected chi connectivity index (χ3v) is 7.36. The van der Waals surface area contributed by atoms with Crippen molar-refractivity contribution < 1.29 is 2.74 Å². The van der Waals surface area contributed by atoms with Crippen LogP contribution < -0.4 is 0 Å². The fraction of sp³-hybridized carbons (Fsp3) is 0.323. The summed E-state index contributed by atoms with van der Waals surface area (Å²) in [5.74, 6) is 1.52. The molecule has 2 heterocycles. The predicted octanol–water partition coefficient (Wildman–Crippen LogP) is 9.35. The summed E-state index contributed by atoms with van der Waals surface area (Å²) in [4.78, 5) is 5.19. The Morgan fingerprint density at radius 2 is 1.59 bits per heavy atom. The average Bonchev–Trinajstić information content (AvgIpc) is 3.43. The lowest BCUT2D eigenvalue weighted by molar-refractivity contribution is 0.648. The van der Waals surface area contributed by atoms with Gasteiger partial charge in [-0.05, 0) is 65.1 Å². The molecule has 34 heavy (non-hydrogen) atoms. The van der Waals surface area contributed by atoms with Crippen LogP contribution in [0.3, 0.4) is 0 Å². The lowest BCUT2D eigenvalue weighted by atomic mass is 9.92. The van der Waals surface area contributed by atoms with Gasteiger partial charge in [-0.25, -0.2) is 4.98 Å². The van der Waals surface area contributed by atoms with Crippen molar-refractivity contribution >= 4 is 32.5 Å². The number of aromatic nitrogens is 2. The molecule has 0 unspecified atom stereocenters. The van der Waals surface area contributed by atoms with Gasteiger partial charge in [0.25, 0.3) is 0 Å². The van der Waals surface area contributed by atoms with Crippen molar-refractivity contribution in [2.75, 3.05) is 0 Å². The molecule has 3 heteroatoms. The number of thiophene rings is 1. The van der Waals surface area contributed by atoms with Crippen LogP contribution in [0.15, 0.2) is 66.0 Å². The molecule has 0 fully saturated rings. The van der Waals surface area contributed by atoms with E-state index in [1.807, 2.05) is 32.0 Å². The highest BCUT2D eigenvalue weighted by atomic mass is 32.1. The average molecular weight is 469 g/mol. The van der Waals surface area contributed by atoms with Crippen molar-refractivity contribution in [1.82, 2.24) is 9.55 Å². The van der Waals surface area contributed by atoms with Crippen molar-refractivity contribution in [2.45, 2.75) is 59.8 Å². The van der Waals surface area contributed by atoms with E-state index in [0.29, 0.717) is 11.8 Å². The van der Waals surface area contributed by atoms with E-state index in [9.17, 15) is 0 Å². The SMILES string of the molecule is [2H]C([2H])(c1ccc2scc(-c3nc4ccccc4n3-c3c(C(C)C)cccc3C(C)C)c2c1)C(C)C. The molecule has 5 rings (SSSR count). The molecule has 0 saturated carbocycles. The van der Waals surface area contributed by atoms with Gasteiger partial charge >= 0.3 is 0 Å². The van der Waals surface area contributed by atoms with Gasteiger partial charge in [0.05, 0.1) is 16.7 Å². The smallest absolute Gasteiger partial charge is 0.147 e. The van der Waals surface area contributed by atoms with Crippen LogP contribution in [0.2, 0.25) is 0 Å². The van der Waals surface area contributed by atoms with Gasteiger partial charge in [0.1, 0.15) is 5.82 Å². The number of hydrogen-bond donors (Lipinski definition) is 0. The number of hydrogen-bond acceptors (Lipinski definition) is 2. The van der Waals surface area contributed by atoms with E-state index < -0.39 is 6.37 Å². The van der Waals surface area contributed by atoms with Gasteiger partial charge in [0, 0.05) is 23.8 Å². The van der Waals surface area contributed by atoms with Gasteiger partial charge in [0.15, 0.2) is 0 Å². The molecule has 0 bridgehead atoms. The van der Waals surface area contributed by atoms with Gasteiger partial charge in [-0.15, -0.1) is 11.3 Å². The van der Waals surface area contributed by atoms with Crippen molar-refractivity contribution in [2.24, 2.45) is 5.92 Å². The number of fused-ring (bicyclic) bond motifs is 2. The monoisotopic (exact) mass is 468 g/mol. The summed E-state index contributed by atoms with van der Waals surface area (Å²) >= 11 is 1.70. The second kappa shape index (κ2) is 9.03. The van der Waals surface area contributed by atoms with Crippen molar-refractivity contribution in [3.8, 4) is 17.1 Å². The summed E-state index contributed by atoms with van der Waals surface area (Å²) in [6.45, 7) is 12.9. The van der Waals surface area contributed by atoms with Crippen LogP contribution in [0.1, 0.15) is 72.8 Å². The third kappa shape index (κ3) is 3.96. The Balaban J connectivity index is 1.87. The van der Waals surface area contributed by atoms with E-state index in [4.69, 9.17) is 7.73 Å². The quantitative estimate of drug-likeness (QED) is 0.243. The zero-order chi connectivity index (χ0) is 25.8. The molecule has 0 aliphatic carbocycles. The second-order valence-electron chi connectivity index (χ2n) is 10.0. The third-order valence-electron chi connectivity index (χ3n) is 6.40. The van der Waals surface area contributed by atoms with Crippen molar-refractivity contribution in [3.63, 3.8) is 0 Å². The minimum absolute atomic E-state index is 0.117. The maximum Gasteiger partial charge on any atom is 0.147 e. The van der Waals surface area contributed by atoms with Crippen molar-refractivity contribution in [3.05, 3.63) is 82.7 Å². The summed E-state index contributed by atoms with van der Waals surface area (Å²) in [5, 5.41) is 3.25. The Kier molecular flexibility index (Phi) is 5.44. The Bertz CT molecular complexity index is 1530. The minimum Gasteiger partial charge on any atom is -0.292 e. The van der Waals surface area contributed by atoms with Crippen LogP contribution in [-0.4, -0.2) is 9.55 Å². The Morgan fingerprint density at radius 1 is 0.882 bits per heavy atom. The molecular formula is C31H34N2S. The van der Waals surface area contributed by atoms with Crippen LogP contribution in [0.25, 0.3) is 38.2 Å². The first kappa shape index (κ1) is 20.5. The summed E-state index contributed by atoms with van der Waals surface area (Å²) in [6, 6.07) is 21.1. The molecule has 3 aromatic carbocycles.